The number of carbonyl (C=O) groups is 1. The van der Waals surface area contributed by atoms with Gasteiger partial charge in [-0.1, -0.05) is 13.3 Å². The Labute approximate surface area is 161 Å². The van der Waals surface area contributed by atoms with Crippen molar-refractivity contribution < 1.29 is 4.79 Å². The molecule has 6 heteroatoms. The summed E-state index contributed by atoms with van der Waals surface area (Å²) in [5.41, 5.74) is 0.985. The lowest BCUT2D eigenvalue weighted by Crippen LogP contribution is -2.43. The van der Waals surface area contributed by atoms with Crippen molar-refractivity contribution in [3.8, 4) is 0 Å². The van der Waals surface area contributed by atoms with E-state index in [1.807, 2.05) is 9.47 Å². The van der Waals surface area contributed by atoms with Crippen LogP contribution in [0.3, 0.4) is 0 Å². The third-order valence-electron chi connectivity index (χ3n) is 6.45. The molecule has 4 rings (SSSR count). The summed E-state index contributed by atoms with van der Waals surface area (Å²) in [4.78, 5) is 34.4. The van der Waals surface area contributed by atoms with Crippen LogP contribution in [0.4, 0.5) is 0 Å². The number of nitrogens with zero attached hydrogens (tertiary/aromatic N) is 4. The van der Waals surface area contributed by atoms with Crippen molar-refractivity contribution >= 4 is 5.91 Å². The van der Waals surface area contributed by atoms with Gasteiger partial charge in [0.25, 0.3) is 5.56 Å². The number of likely N-dealkylation sites (tertiary alicyclic amines) is 2. The van der Waals surface area contributed by atoms with Gasteiger partial charge in [0.2, 0.25) is 5.91 Å². The first-order valence-corrected chi connectivity index (χ1v) is 10.7. The number of aryl methyl sites for hydroxylation is 1. The van der Waals surface area contributed by atoms with E-state index in [0.29, 0.717) is 19.0 Å². The molecule has 0 unspecified atom stereocenters. The SMILES string of the molecule is C[C@@H]1CCCN(CC(=O)N2CC[C@H](c3cc(=O)n4c(n3)CCCCC4)C2)C1. The van der Waals surface area contributed by atoms with Crippen molar-refractivity contribution in [2.45, 2.75) is 64.3 Å². The number of amides is 1. The lowest BCUT2D eigenvalue weighted by molar-refractivity contribution is -0.131. The first-order valence-electron chi connectivity index (χ1n) is 10.7. The molecule has 0 saturated carbocycles. The normalized spacial score (nSPS) is 26.6. The van der Waals surface area contributed by atoms with Crippen molar-refractivity contribution in [3.63, 3.8) is 0 Å². The fraction of sp³-hybridized carbons (Fsp3) is 0.762. The van der Waals surface area contributed by atoms with Gasteiger partial charge in [0.05, 0.1) is 12.2 Å². The molecule has 0 N–H and O–H groups in total. The van der Waals surface area contributed by atoms with E-state index in [1.54, 1.807) is 6.07 Å². The summed E-state index contributed by atoms with van der Waals surface area (Å²) in [6.07, 6.45) is 7.62. The van der Waals surface area contributed by atoms with E-state index in [-0.39, 0.29) is 17.4 Å². The Kier molecular flexibility index (Phi) is 5.62. The predicted octanol–water partition coefficient (Wildman–Crippen LogP) is 2.02. The van der Waals surface area contributed by atoms with Gasteiger partial charge in [-0.25, -0.2) is 4.98 Å². The third kappa shape index (κ3) is 4.26. The number of hydrogen-bond acceptors (Lipinski definition) is 4. The maximum atomic E-state index is 12.7. The molecule has 2 fully saturated rings. The lowest BCUT2D eigenvalue weighted by atomic mass is 10.0. The summed E-state index contributed by atoms with van der Waals surface area (Å²) in [6.45, 7) is 7.17. The molecular weight excluding hydrogens is 340 g/mol. The number of fused-ring (bicyclic) bond motifs is 1. The van der Waals surface area contributed by atoms with E-state index < -0.39 is 0 Å². The van der Waals surface area contributed by atoms with Crippen LogP contribution in [-0.4, -0.2) is 58.0 Å². The van der Waals surface area contributed by atoms with Gasteiger partial charge < -0.3 is 4.90 Å². The smallest absolute Gasteiger partial charge is 0.253 e. The number of rotatable bonds is 3. The zero-order chi connectivity index (χ0) is 18.8. The van der Waals surface area contributed by atoms with Gasteiger partial charge in [-0.15, -0.1) is 0 Å². The van der Waals surface area contributed by atoms with Crippen molar-refractivity contribution in [1.29, 1.82) is 0 Å². The van der Waals surface area contributed by atoms with Crippen LogP contribution in [0.2, 0.25) is 0 Å². The molecular formula is C21H32N4O2. The van der Waals surface area contributed by atoms with Gasteiger partial charge in [-0.2, -0.15) is 0 Å². The summed E-state index contributed by atoms with van der Waals surface area (Å²) < 4.78 is 1.85. The van der Waals surface area contributed by atoms with Crippen LogP contribution in [0.25, 0.3) is 0 Å². The first-order chi connectivity index (χ1) is 13.1. The minimum atomic E-state index is 0.0870. The second kappa shape index (κ2) is 8.13. The molecule has 0 bridgehead atoms. The molecule has 1 amide bonds. The van der Waals surface area contributed by atoms with Gasteiger partial charge in [0.1, 0.15) is 5.82 Å². The molecule has 2 atom stereocenters. The molecule has 0 radical (unpaired) electrons. The molecule has 0 aliphatic carbocycles. The van der Waals surface area contributed by atoms with Crippen LogP contribution in [0.15, 0.2) is 10.9 Å². The number of piperidine rings is 1. The molecule has 148 valence electrons. The van der Waals surface area contributed by atoms with Gasteiger partial charge in [-0.05, 0) is 44.6 Å². The minimum absolute atomic E-state index is 0.0870. The van der Waals surface area contributed by atoms with Gasteiger partial charge in [0, 0.05) is 44.6 Å². The van der Waals surface area contributed by atoms with Crippen molar-refractivity contribution in [2.75, 3.05) is 32.7 Å². The molecule has 4 heterocycles. The van der Waals surface area contributed by atoms with E-state index in [9.17, 15) is 9.59 Å². The average Bonchev–Trinajstić information content (AvgIpc) is 3.01. The molecule has 27 heavy (non-hydrogen) atoms. The monoisotopic (exact) mass is 372 g/mol. The maximum absolute atomic E-state index is 12.7. The highest BCUT2D eigenvalue weighted by Gasteiger charge is 2.30. The van der Waals surface area contributed by atoms with Crippen LogP contribution in [0.5, 0.6) is 0 Å². The lowest BCUT2D eigenvalue weighted by Gasteiger charge is -2.31. The third-order valence-corrected chi connectivity index (χ3v) is 6.45. The highest BCUT2D eigenvalue weighted by Crippen LogP contribution is 2.26. The van der Waals surface area contributed by atoms with Crippen LogP contribution in [-0.2, 0) is 17.8 Å². The summed E-state index contributed by atoms with van der Waals surface area (Å²) >= 11 is 0. The Bertz CT molecular complexity index is 744. The number of carbonyl (C=O) groups excluding carboxylic acids is 1. The summed E-state index contributed by atoms with van der Waals surface area (Å²) in [5.74, 6) is 2.07. The quantitative estimate of drug-likeness (QED) is 0.814. The Morgan fingerprint density at radius 3 is 2.85 bits per heavy atom. The Morgan fingerprint density at radius 1 is 1.11 bits per heavy atom. The largest absolute Gasteiger partial charge is 0.341 e. The number of aromatic nitrogens is 2. The van der Waals surface area contributed by atoms with Gasteiger partial charge >= 0.3 is 0 Å². The minimum Gasteiger partial charge on any atom is -0.341 e. The summed E-state index contributed by atoms with van der Waals surface area (Å²) in [7, 11) is 0. The predicted molar refractivity (Wildman–Crippen MR) is 105 cm³/mol. The molecule has 1 aromatic rings. The van der Waals surface area contributed by atoms with Crippen molar-refractivity contribution in [2.24, 2.45) is 5.92 Å². The molecule has 3 aliphatic heterocycles. The zero-order valence-electron chi connectivity index (χ0n) is 16.5. The van der Waals surface area contributed by atoms with Crippen LogP contribution >= 0.6 is 0 Å². The Morgan fingerprint density at radius 2 is 2.00 bits per heavy atom. The van der Waals surface area contributed by atoms with Crippen molar-refractivity contribution in [3.05, 3.63) is 27.9 Å². The fourth-order valence-corrected chi connectivity index (χ4v) is 4.89. The number of hydrogen-bond donors (Lipinski definition) is 0. The van der Waals surface area contributed by atoms with E-state index >= 15 is 0 Å². The first kappa shape index (κ1) is 18.7. The van der Waals surface area contributed by atoms with E-state index in [1.165, 1.54) is 19.3 Å². The zero-order valence-corrected chi connectivity index (χ0v) is 16.5. The van der Waals surface area contributed by atoms with E-state index in [2.05, 4.69) is 11.8 Å². The van der Waals surface area contributed by atoms with Crippen LogP contribution in [0, 0.1) is 5.92 Å². The second-order valence-corrected chi connectivity index (χ2v) is 8.71. The second-order valence-electron chi connectivity index (χ2n) is 8.71. The summed E-state index contributed by atoms with van der Waals surface area (Å²) in [6, 6.07) is 1.72. The Hall–Kier alpha value is -1.69. The van der Waals surface area contributed by atoms with E-state index in [0.717, 1.165) is 63.4 Å². The molecule has 0 aromatic carbocycles. The topological polar surface area (TPSA) is 58.4 Å². The highest BCUT2D eigenvalue weighted by atomic mass is 16.2. The Balaban J connectivity index is 1.40. The van der Waals surface area contributed by atoms with Gasteiger partial charge in [0.15, 0.2) is 0 Å². The van der Waals surface area contributed by atoms with Crippen molar-refractivity contribution in [1.82, 2.24) is 19.4 Å². The van der Waals surface area contributed by atoms with E-state index in [4.69, 9.17) is 4.98 Å². The standard InChI is InChI=1S/C21H32N4O2/c1-16-6-5-9-23(13-16)15-21(27)24-11-8-17(14-24)18-12-20(26)25-10-4-2-3-7-19(25)22-18/h12,16-17H,2-11,13-15H2,1H3/t16-,17+/m1/s1. The highest BCUT2D eigenvalue weighted by molar-refractivity contribution is 5.78. The molecule has 6 nitrogen and oxygen atoms in total. The molecule has 0 spiro atoms. The fourth-order valence-electron chi connectivity index (χ4n) is 4.89. The maximum Gasteiger partial charge on any atom is 0.253 e. The van der Waals surface area contributed by atoms with Crippen LogP contribution in [0.1, 0.15) is 62.9 Å². The molecule has 2 saturated heterocycles. The summed E-state index contributed by atoms with van der Waals surface area (Å²) in [5, 5.41) is 0. The van der Waals surface area contributed by atoms with Gasteiger partial charge in [-0.3, -0.25) is 19.1 Å². The molecule has 1 aromatic heterocycles. The molecule has 3 aliphatic rings. The van der Waals surface area contributed by atoms with Crippen LogP contribution < -0.4 is 5.56 Å². The average molecular weight is 373 g/mol.